The molecule has 0 aliphatic heterocycles. The van der Waals surface area contributed by atoms with Gasteiger partial charge in [-0.05, 0) is 25.8 Å². The van der Waals surface area contributed by atoms with Crippen LogP contribution in [0, 0.1) is 0 Å². The van der Waals surface area contributed by atoms with Crippen molar-refractivity contribution >= 4 is 0 Å². The highest BCUT2D eigenvalue weighted by atomic mass is 16.3. The van der Waals surface area contributed by atoms with Gasteiger partial charge in [-0.3, -0.25) is 0 Å². The van der Waals surface area contributed by atoms with Gasteiger partial charge in [0.2, 0.25) is 0 Å². The van der Waals surface area contributed by atoms with Crippen LogP contribution in [0.1, 0.15) is 19.3 Å². The van der Waals surface area contributed by atoms with Crippen molar-refractivity contribution in [3.63, 3.8) is 0 Å². The van der Waals surface area contributed by atoms with Crippen molar-refractivity contribution in [3.8, 4) is 0 Å². The summed E-state index contributed by atoms with van der Waals surface area (Å²) < 4.78 is 0. The quantitative estimate of drug-likeness (QED) is 0.442. The number of aliphatic hydroxyl groups is 2. The fourth-order valence-corrected chi connectivity index (χ4v) is 0.616. The standard InChI is InChI=1S/C6H15NO2/c7-4-2-1-3-6(9)5-8/h6,8-9H,1-5,7H2/t6-/m0/s1. The molecule has 0 aliphatic carbocycles. The lowest BCUT2D eigenvalue weighted by Gasteiger charge is -2.04. The molecule has 0 bridgehead atoms. The highest BCUT2D eigenvalue weighted by molar-refractivity contribution is 4.52. The molecule has 0 amide bonds. The molecule has 0 aromatic carbocycles. The maximum absolute atomic E-state index is 8.79. The van der Waals surface area contributed by atoms with Crippen molar-refractivity contribution in [3.05, 3.63) is 0 Å². The van der Waals surface area contributed by atoms with Crippen LogP contribution < -0.4 is 5.73 Å². The van der Waals surface area contributed by atoms with Gasteiger partial charge in [0, 0.05) is 0 Å². The molecule has 0 spiro atoms. The van der Waals surface area contributed by atoms with Gasteiger partial charge in [0.05, 0.1) is 12.7 Å². The summed E-state index contributed by atoms with van der Waals surface area (Å²) >= 11 is 0. The summed E-state index contributed by atoms with van der Waals surface area (Å²) in [4.78, 5) is 0. The minimum absolute atomic E-state index is 0.134. The predicted molar refractivity (Wildman–Crippen MR) is 36.0 cm³/mol. The zero-order valence-electron chi connectivity index (χ0n) is 5.58. The van der Waals surface area contributed by atoms with Gasteiger partial charge in [0.15, 0.2) is 0 Å². The monoisotopic (exact) mass is 133 g/mol. The Balaban J connectivity index is 2.88. The molecule has 3 nitrogen and oxygen atoms in total. The second-order valence-electron chi connectivity index (χ2n) is 2.12. The third kappa shape index (κ3) is 5.76. The van der Waals surface area contributed by atoms with Gasteiger partial charge in [0.25, 0.3) is 0 Å². The zero-order chi connectivity index (χ0) is 7.11. The van der Waals surface area contributed by atoms with E-state index in [0.717, 1.165) is 12.8 Å². The summed E-state index contributed by atoms with van der Waals surface area (Å²) in [6, 6.07) is 0. The highest BCUT2D eigenvalue weighted by Gasteiger charge is 1.98. The van der Waals surface area contributed by atoms with Gasteiger partial charge < -0.3 is 15.9 Å². The van der Waals surface area contributed by atoms with Crippen LogP contribution in [0.3, 0.4) is 0 Å². The SMILES string of the molecule is NCCCC[C@H](O)CO. The number of hydrogen-bond acceptors (Lipinski definition) is 3. The van der Waals surface area contributed by atoms with Crippen molar-refractivity contribution in [1.29, 1.82) is 0 Å². The van der Waals surface area contributed by atoms with Crippen molar-refractivity contribution in [2.75, 3.05) is 13.2 Å². The van der Waals surface area contributed by atoms with Gasteiger partial charge >= 0.3 is 0 Å². The first-order valence-corrected chi connectivity index (χ1v) is 3.30. The lowest BCUT2D eigenvalue weighted by atomic mass is 10.2. The Bertz CT molecular complexity index is 59.0. The van der Waals surface area contributed by atoms with Crippen LogP contribution >= 0.6 is 0 Å². The molecule has 0 aromatic heterocycles. The average molecular weight is 133 g/mol. The molecule has 0 aromatic rings. The summed E-state index contributed by atoms with van der Waals surface area (Å²) in [5.41, 5.74) is 5.21. The van der Waals surface area contributed by atoms with Gasteiger partial charge in [-0.25, -0.2) is 0 Å². The first kappa shape index (κ1) is 8.88. The Morgan fingerprint density at radius 3 is 2.44 bits per heavy atom. The fraction of sp³-hybridized carbons (Fsp3) is 1.00. The molecule has 3 heteroatoms. The number of hydrogen-bond donors (Lipinski definition) is 3. The first-order valence-electron chi connectivity index (χ1n) is 3.30. The van der Waals surface area contributed by atoms with Crippen LogP contribution in [0.5, 0.6) is 0 Å². The van der Waals surface area contributed by atoms with Crippen LogP contribution in [0.4, 0.5) is 0 Å². The normalized spacial score (nSPS) is 13.7. The van der Waals surface area contributed by atoms with E-state index < -0.39 is 6.10 Å². The first-order chi connectivity index (χ1) is 4.31. The summed E-state index contributed by atoms with van der Waals surface area (Å²) in [7, 11) is 0. The Labute approximate surface area is 55.5 Å². The lowest BCUT2D eigenvalue weighted by molar-refractivity contribution is 0.0863. The van der Waals surface area contributed by atoms with E-state index in [1.165, 1.54) is 0 Å². The molecule has 0 unspecified atom stereocenters. The fourth-order valence-electron chi connectivity index (χ4n) is 0.616. The molecule has 1 atom stereocenters. The minimum Gasteiger partial charge on any atom is -0.394 e. The third-order valence-corrected chi connectivity index (χ3v) is 1.20. The summed E-state index contributed by atoms with van der Waals surface area (Å²) in [6.45, 7) is 0.530. The van der Waals surface area contributed by atoms with E-state index in [0.29, 0.717) is 13.0 Å². The Morgan fingerprint density at radius 2 is 2.00 bits per heavy atom. The smallest absolute Gasteiger partial charge is 0.0770 e. The van der Waals surface area contributed by atoms with E-state index in [2.05, 4.69) is 0 Å². The maximum Gasteiger partial charge on any atom is 0.0770 e. The van der Waals surface area contributed by atoms with Crippen LogP contribution in [-0.4, -0.2) is 29.5 Å². The van der Waals surface area contributed by atoms with Crippen molar-refractivity contribution in [1.82, 2.24) is 0 Å². The maximum atomic E-state index is 8.79. The van der Waals surface area contributed by atoms with Crippen molar-refractivity contribution in [2.45, 2.75) is 25.4 Å². The second-order valence-corrected chi connectivity index (χ2v) is 2.12. The van der Waals surface area contributed by atoms with Crippen molar-refractivity contribution in [2.24, 2.45) is 5.73 Å². The van der Waals surface area contributed by atoms with E-state index in [1.807, 2.05) is 0 Å². The molecule has 0 rings (SSSR count). The summed E-state index contributed by atoms with van der Waals surface area (Å²) in [6.07, 6.45) is 1.94. The van der Waals surface area contributed by atoms with Crippen LogP contribution in [0.25, 0.3) is 0 Å². The van der Waals surface area contributed by atoms with Gasteiger partial charge in [-0.1, -0.05) is 0 Å². The number of nitrogens with two attached hydrogens (primary N) is 1. The Hall–Kier alpha value is -0.120. The van der Waals surface area contributed by atoms with Gasteiger partial charge in [0.1, 0.15) is 0 Å². The number of aliphatic hydroxyl groups excluding tert-OH is 2. The van der Waals surface area contributed by atoms with E-state index in [1.54, 1.807) is 0 Å². The number of rotatable bonds is 5. The summed E-state index contributed by atoms with van der Waals surface area (Å²) in [5, 5.41) is 17.1. The average Bonchev–Trinajstić information content (AvgIpc) is 1.89. The Kier molecular flexibility index (Phi) is 5.93. The summed E-state index contributed by atoms with van der Waals surface area (Å²) in [5.74, 6) is 0. The molecule has 0 aliphatic rings. The molecule has 56 valence electrons. The van der Waals surface area contributed by atoms with Crippen LogP contribution in [-0.2, 0) is 0 Å². The molecule has 0 saturated heterocycles. The largest absolute Gasteiger partial charge is 0.394 e. The minimum atomic E-state index is -0.545. The van der Waals surface area contributed by atoms with Gasteiger partial charge in [-0.2, -0.15) is 0 Å². The third-order valence-electron chi connectivity index (χ3n) is 1.20. The molecule has 0 radical (unpaired) electrons. The molecule has 0 fully saturated rings. The molecule has 0 heterocycles. The van der Waals surface area contributed by atoms with Crippen LogP contribution in [0.2, 0.25) is 0 Å². The molecular formula is C6H15NO2. The van der Waals surface area contributed by atoms with Crippen LogP contribution in [0.15, 0.2) is 0 Å². The van der Waals surface area contributed by atoms with E-state index >= 15 is 0 Å². The lowest BCUT2D eigenvalue weighted by Crippen LogP contribution is -2.12. The zero-order valence-corrected chi connectivity index (χ0v) is 5.58. The van der Waals surface area contributed by atoms with E-state index in [4.69, 9.17) is 15.9 Å². The molecule has 9 heavy (non-hydrogen) atoms. The topological polar surface area (TPSA) is 66.5 Å². The Morgan fingerprint density at radius 1 is 1.33 bits per heavy atom. The van der Waals surface area contributed by atoms with Gasteiger partial charge in [-0.15, -0.1) is 0 Å². The second kappa shape index (κ2) is 6.01. The molecule has 0 saturated carbocycles. The predicted octanol–water partition coefficient (Wildman–Crippen LogP) is -0.531. The molecular weight excluding hydrogens is 118 g/mol. The highest BCUT2D eigenvalue weighted by Crippen LogP contribution is 1.97. The molecule has 4 N–H and O–H groups in total. The van der Waals surface area contributed by atoms with Crippen molar-refractivity contribution < 1.29 is 10.2 Å². The number of unbranched alkanes of at least 4 members (excludes halogenated alkanes) is 1. The van der Waals surface area contributed by atoms with E-state index in [9.17, 15) is 0 Å². The van der Waals surface area contributed by atoms with E-state index in [-0.39, 0.29) is 6.61 Å².